The summed E-state index contributed by atoms with van der Waals surface area (Å²) in [4.78, 5) is 6.39. The Morgan fingerprint density at radius 3 is 1.56 bits per heavy atom. The van der Waals surface area contributed by atoms with E-state index in [-0.39, 0.29) is 5.99 Å². The number of hydrogen-bond acceptors (Lipinski definition) is 3. The normalized spacial score (nSPS) is 13.5. The van der Waals surface area contributed by atoms with Crippen molar-refractivity contribution < 1.29 is 0 Å². The first kappa shape index (κ1) is 46.8. The zero-order valence-corrected chi connectivity index (χ0v) is 45.6. The summed E-state index contributed by atoms with van der Waals surface area (Å²) in [6, 6.07) is 58.8. The van der Waals surface area contributed by atoms with Gasteiger partial charge < -0.3 is 14.4 Å². The highest BCUT2D eigenvalue weighted by Crippen LogP contribution is 2.55. The molecule has 73 heavy (non-hydrogen) atoms. The van der Waals surface area contributed by atoms with Crippen LogP contribution in [0.15, 0.2) is 157 Å². The second-order valence-corrected chi connectivity index (χ2v) is 23.3. The SMILES string of the molecule is Cc1ccc(N(c2ccc3c(c2)C(C)(C)c2cc(-n4c5c(C)cc(C)cc5c5cc(C)cc(C)c54)ccc2N3c2ccc3c(c2)-c2ccccc2SB3c2c(C)cc(C)cc2C)c2ccc(C)cc2C)c(C)c1. The molecule has 12 rings (SSSR count). The summed E-state index contributed by atoms with van der Waals surface area (Å²) in [5.41, 5.74) is 32.6. The van der Waals surface area contributed by atoms with E-state index in [1.54, 1.807) is 0 Å². The van der Waals surface area contributed by atoms with Gasteiger partial charge in [-0.3, -0.25) is 0 Å². The number of anilines is 6. The fraction of sp³-hybridized carbons (Fsp3) is 0.206. The first-order chi connectivity index (χ1) is 35.0. The Morgan fingerprint density at radius 2 is 0.959 bits per heavy atom. The molecule has 1 aromatic heterocycles. The molecule has 360 valence electrons. The van der Waals surface area contributed by atoms with Crippen molar-refractivity contribution in [1.82, 2.24) is 4.57 Å². The maximum atomic E-state index is 2.57. The van der Waals surface area contributed by atoms with Gasteiger partial charge in [-0.1, -0.05) is 137 Å². The van der Waals surface area contributed by atoms with Crippen molar-refractivity contribution in [3.8, 4) is 16.8 Å². The summed E-state index contributed by atoms with van der Waals surface area (Å²) in [5.74, 6) is 0.177. The Morgan fingerprint density at radius 1 is 0.438 bits per heavy atom. The summed E-state index contributed by atoms with van der Waals surface area (Å²) < 4.78 is 2.56. The highest BCUT2D eigenvalue weighted by Gasteiger charge is 2.40. The molecule has 3 nitrogen and oxygen atoms in total. The van der Waals surface area contributed by atoms with Gasteiger partial charge in [0.1, 0.15) is 0 Å². The molecule has 10 aromatic rings. The predicted molar refractivity (Wildman–Crippen MR) is 317 cm³/mol. The minimum atomic E-state index is -0.400. The number of nitrogens with zero attached hydrogens (tertiary/aromatic N) is 3. The molecule has 2 aliphatic heterocycles. The number of rotatable bonds is 6. The van der Waals surface area contributed by atoms with Crippen LogP contribution in [-0.2, 0) is 5.41 Å². The zero-order valence-electron chi connectivity index (χ0n) is 44.8. The van der Waals surface area contributed by atoms with Gasteiger partial charge in [-0.05, 0) is 200 Å². The molecule has 2 aliphatic rings. The number of fused-ring (bicyclic) bond motifs is 8. The molecule has 5 heteroatoms. The standard InChI is InChI=1S/C68H64BN3S/c1-39-18-24-60(44(6)28-39)70(61-25-19-40(2)29-45(61)7)51-21-26-62-57(37-51)68(12,13)58-38-52(72-66-48(10)32-42(4)34-55(66)56-35-43(5)33-49(11)67(56)72)22-27-63(58)71(62)50-20-23-59-54(36-50)53-16-14-15-17-64(53)73-69(59)65-46(8)30-41(3)31-47(65)9/h14-38H,1-13H3. The van der Waals surface area contributed by atoms with Gasteiger partial charge in [0.05, 0.1) is 22.4 Å². The summed E-state index contributed by atoms with van der Waals surface area (Å²) in [6.45, 7) is 29.6. The highest BCUT2D eigenvalue weighted by molar-refractivity contribution is 8.28. The average molecular weight is 966 g/mol. The van der Waals surface area contributed by atoms with Crippen molar-refractivity contribution in [3.05, 3.63) is 224 Å². The molecule has 0 aliphatic carbocycles. The maximum absolute atomic E-state index is 2.57. The summed E-state index contributed by atoms with van der Waals surface area (Å²) in [7, 11) is 0. The van der Waals surface area contributed by atoms with Crippen LogP contribution < -0.4 is 20.7 Å². The molecule has 0 radical (unpaired) electrons. The van der Waals surface area contributed by atoms with Gasteiger partial charge in [-0.15, -0.1) is 0 Å². The zero-order chi connectivity index (χ0) is 50.9. The van der Waals surface area contributed by atoms with Crippen molar-refractivity contribution in [1.29, 1.82) is 0 Å². The third kappa shape index (κ3) is 7.48. The Kier molecular flexibility index (Phi) is 11.0. The van der Waals surface area contributed by atoms with Gasteiger partial charge in [0.2, 0.25) is 0 Å². The fourth-order valence-corrected chi connectivity index (χ4v) is 14.6. The first-order valence-electron chi connectivity index (χ1n) is 26.0. The molecule has 0 N–H and O–H groups in total. The molecule has 0 saturated carbocycles. The van der Waals surface area contributed by atoms with Crippen LogP contribution in [0.1, 0.15) is 86.2 Å². The predicted octanol–water partition coefficient (Wildman–Crippen LogP) is 17.6. The number of aryl methyl sites for hydroxylation is 11. The molecular weight excluding hydrogens is 902 g/mol. The minimum absolute atomic E-state index is 0.177. The van der Waals surface area contributed by atoms with Crippen molar-refractivity contribution in [2.75, 3.05) is 9.80 Å². The van der Waals surface area contributed by atoms with E-state index in [1.165, 1.54) is 150 Å². The van der Waals surface area contributed by atoms with Crippen molar-refractivity contribution >= 4 is 84.5 Å². The Labute approximate surface area is 437 Å². The van der Waals surface area contributed by atoms with Gasteiger partial charge >= 0.3 is 0 Å². The van der Waals surface area contributed by atoms with Gasteiger partial charge in [0.25, 0.3) is 5.99 Å². The summed E-state index contributed by atoms with van der Waals surface area (Å²) >= 11 is 1.99. The second kappa shape index (κ2) is 17.2. The number of hydrogen-bond donors (Lipinski definition) is 0. The Balaban J connectivity index is 1.12. The van der Waals surface area contributed by atoms with Crippen molar-refractivity contribution in [3.63, 3.8) is 0 Å². The lowest BCUT2D eigenvalue weighted by molar-refractivity contribution is 0.631. The van der Waals surface area contributed by atoms with Crippen molar-refractivity contribution in [2.24, 2.45) is 0 Å². The average Bonchev–Trinajstić information content (AvgIpc) is 3.67. The topological polar surface area (TPSA) is 11.4 Å². The minimum Gasteiger partial charge on any atom is -0.310 e. The van der Waals surface area contributed by atoms with E-state index in [9.17, 15) is 0 Å². The van der Waals surface area contributed by atoms with Gasteiger partial charge in [0.15, 0.2) is 0 Å². The van der Waals surface area contributed by atoms with Crippen LogP contribution in [0.5, 0.6) is 0 Å². The van der Waals surface area contributed by atoms with Gasteiger partial charge in [0, 0.05) is 49.5 Å². The van der Waals surface area contributed by atoms with Crippen LogP contribution in [-0.4, -0.2) is 10.6 Å². The maximum Gasteiger partial charge on any atom is 0.281 e. The Bertz CT molecular complexity index is 3830. The lowest BCUT2D eigenvalue weighted by Gasteiger charge is -2.43. The molecule has 0 fully saturated rings. The van der Waals surface area contributed by atoms with E-state index in [0.29, 0.717) is 0 Å². The van der Waals surface area contributed by atoms with Crippen LogP contribution in [0.4, 0.5) is 34.1 Å². The first-order valence-corrected chi connectivity index (χ1v) is 26.9. The van der Waals surface area contributed by atoms with Crippen LogP contribution >= 0.6 is 11.6 Å². The highest BCUT2D eigenvalue weighted by atomic mass is 32.2. The van der Waals surface area contributed by atoms with Crippen LogP contribution in [0.25, 0.3) is 38.6 Å². The second-order valence-electron chi connectivity index (χ2n) is 22.1. The molecule has 9 aromatic carbocycles. The molecule has 0 amide bonds. The monoisotopic (exact) mass is 965 g/mol. The molecular formula is C68H64BN3S. The van der Waals surface area contributed by atoms with E-state index in [1.807, 2.05) is 11.6 Å². The quantitative estimate of drug-likeness (QED) is 0.154. The smallest absolute Gasteiger partial charge is 0.281 e. The summed E-state index contributed by atoms with van der Waals surface area (Å²) in [6.07, 6.45) is 0. The molecule has 0 unspecified atom stereocenters. The Hall–Kier alpha value is -7.21. The fourth-order valence-electron chi connectivity index (χ4n) is 13.0. The van der Waals surface area contributed by atoms with Crippen LogP contribution in [0.3, 0.4) is 0 Å². The lowest BCUT2D eigenvalue weighted by atomic mass is 9.56. The number of aromatic nitrogens is 1. The van der Waals surface area contributed by atoms with Gasteiger partial charge in [-0.2, -0.15) is 11.6 Å². The largest absolute Gasteiger partial charge is 0.310 e. The van der Waals surface area contributed by atoms with E-state index in [0.717, 1.165) is 11.4 Å². The van der Waals surface area contributed by atoms with Gasteiger partial charge in [-0.25, -0.2) is 0 Å². The summed E-state index contributed by atoms with van der Waals surface area (Å²) in [5, 5.41) is 2.63. The molecule has 0 atom stereocenters. The lowest BCUT2D eigenvalue weighted by Crippen LogP contribution is -2.45. The third-order valence-corrected chi connectivity index (χ3v) is 17.5. The van der Waals surface area contributed by atoms with E-state index in [4.69, 9.17) is 0 Å². The van der Waals surface area contributed by atoms with E-state index < -0.39 is 5.41 Å². The van der Waals surface area contributed by atoms with E-state index in [2.05, 4.69) is 256 Å². The number of benzene rings is 9. The van der Waals surface area contributed by atoms with Crippen molar-refractivity contribution in [2.45, 2.75) is 100 Å². The molecule has 0 spiro atoms. The third-order valence-electron chi connectivity index (χ3n) is 16.1. The van der Waals surface area contributed by atoms with Crippen LogP contribution in [0, 0.1) is 76.2 Å². The molecule has 3 heterocycles. The van der Waals surface area contributed by atoms with Crippen LogP contribution in [0.2, 0.25) is 0 Å². The molecule has 0 bridgehead atoms. The molecule has 0 saturated heterocycles. The van der Waals surface area contributed by atoms with E-state index >= 15 is 0 Å².